The van der Waals surface area contributed by atoms with E-state index in [1.54, 1.807) is 6.07 Å². The summed E-state index contributed by atoms with van der Waals surface area (Å²) >= 11 is 1.98. The highest BCUT2D eigenvalue weighted by atomic mass is 32.2. The van der Waals surface area contributed by atoms with Gasteiger partial charge in [-0.3, -0.25) is 0 Å². The first kappa shape index (κ1) is 12.2. The fourth-order valence-corrected chi connectivity index (χ4v) is 3.11. The first-order chi connectivity index (χ1) is 8.09. The van der Waals surface area contributed by atoms with E-state index in [1.165, 1.54) is 30.9 Å². The molecule has 5 nitrogen and oxygen atoms in total. The van der Waals surface area contributed by atoms with Crippen LogP contribution in [0.5, 0.6) is 0 Å². The molecule has 0 saturated carbocycles. The maximum atomic E-state index is 10.4. The molecule has 2 heterocycles. The Bertz CT molecular complexity index is 402. The predicted octanol–water partition coefficient (Wildman–Crippen LogP) is 2.69. The molecule has 17 heavy (non-hydrogen) atoms. The molecule has 1 unspecified atom stereocenters. The van der Waals surface area contributed by atoms with Crippen molar-refractivity contribution in [3.63, 3.8) is 0 Å². The lowest BCUT2D eigenvalue weighted by Gasteiger charge is -2.23. The van der Waals surface area contributed by atoms with Crippen molar-refractivity contribution < 1.29 is 4.92 Å². The van der Waals surface area contributed by atoms with E-state index in [0.717, 1.165) is 12.2 Å². The van der Waals surface area contributed by atoms with E-state index in [2.05, 4.69) is 17.2 Å². The number of thioether (sulfide) groups is 1. The fraction of sp³-hybridized carbons (Fsp3) is 0.545. The van der Waals surface area contributed by atoms with Crippen molar-refractivity contribution in [2.24, 2.45) is 0 Å². The average molecular weight is 253 g/mol. The molecule has 1 saturated heterocycles. The number of nitro groups is 1. The maximum Gasteiger partial charge on any atom is 0.363 e. The summed E-state index contributed by atoms with van der Waals surface area (Å²) in [6.07, 6.45) is 3.99. The van der Waals surface area contributed by atoms with E-state index < -0.39 is 4.92 Å². The van der Waals surface area contributed by atoms with Gasteiger partial charge in [0.05, 0.1) is 5.69 Å². The van der Waals surface area contributed by atoms with E-state index >= 15 is 0 Å². The molecule has 1 N–H and O–H groups in total. The number of nitrogens with one attached hydrogen (secondary N) is 1. The lowest BCUT2D eigenvalue weighted by atomic mass is 10.1. The van der Waals surface area contributed by atoms with Gasteiger partial charge in [0.25, 0.3) is 0 Å². The number of anilines is 1. The minimum absolute atomic E-state index is 0.114. The Morgan fingerprint density at radius 3 is 3.00 bits per heavy atom. The number of rotatable bonds is 4. The average Bonchev–Trinajstić information content (AvgIpc) is 2.75. The van der Waals surface area contributed by atoms with Crippen molar-refractivity contribution in [2.75, 3.05) is 17.6 Å². The summed E-state index contributed by atoms with van der Waals surface area (Å²) in [6.45, 7) is 3.12. The van der Waals surface area contributed by atoms with Gasteiger partial charge in [0.15, 0.2) is 6.20 Å². The number of hydrogen-bond donors (Lipinski definition) is 1. The Morgan fingerprint density at radius 1 is 1.65 bits per heavy atom. The van der Waals surface area contributed by atoms with E-state index in [4.69, 9.17) is 0 Å². The lowest BCUT2D eigenvalue weighted by molar-refractivity contribution is -0.389. The third kappa shape index (κ3) is 3.09. The zero-order valence-electron chi connectivity index (χ0n) is 9.68. The van der Waals surface area contributed by atoms with Gasteiger partial charge in [0.1, 0.15) is 0 Å². The molecule has 1 aliphatic heterocycles. The molecule has 1 aromatic heterocycles. The van der Waals surface area contributed by atoms with E-state index in [0.29, 0.717) is 0 Å². The fourth-order valence-electron chi connectivity index (χ4n) is 1.86. The highest BCUT2D eigenvalue weighted by Crippen LogP contribution is 2.37. The standard InChI is InChI=1S/C11H15N3O2S/c1-11(5-2-6-17-11)8-13-9-3-4-10(12-7-9)14(15)16/h3-4,7,13H,2,5-6,8H2,1H3. The lowest BCUT2D eigenvalue weighted by Crippen LogP contribution is -2.27. The van der Waals surface area contributed by atoms with Gasteiger partial charge < -0.3 is 15.4 Å². The Labute approximate surface area is 104 Å². The second-order valence-corrected chi connectivity index (χ2v) is 6.10. The van der Waals surface area contributed by atoms with Crippen LogP contribution in [0.1, 0.15) is 19.8 Å². The van der Waals surface area contributed by atoms with Gasteiger partial charge in [0.2, 0.25) is 0 Å². The van der Waals surface area contributed by atoms with Crippen molar-refractivity contribution >= 4 is 23.3 Å². The summed E-state index contributed by atoms with van der Waals surface area (Å²) in [7, 11) is 0. The molecular formula is C11H15N3O2S. The largest absolute Gasteiger partial charge is 0.381 e. The molecule has 1 atom stereocenters. The Hall–Kier alpha value is -1.30. The van der Waals surface area contributed by atoms with Crippen LogP contribution in [-0.2, 0) is 0 Å². The van der Waals surface area contributed by atoms with Crippen LogP contribution >= 0.6 is 11.8 Å². The SMILES string of the molecule is CC1(CNc2ccc([N+](=O)[O-])nc2)CCCS1. The minimum atomic E-state index is -0.488. The highest BCUT2D eigenvalue weighted by molar-refractivity contribution is 8.00. The third-order valence-corrected chi connectivity index (χ3v) is 4.44. The number of nitrogens with zero attached hydrogens (tertiary/aromatic N) is 2. The maximum absolute atomic E-state index is 10.4. The van der Waals surface area contributed by atoms with Crippen LogP contribution in [0.3, 0.4) is 0 Å². The van der Waals surface area contributed by atoms with E-state index in [1.807, 2.05) is 11.8 Å². The second kappa shape index (κ2) is 4.91. The molecule has 1 aromatic rings. The Kier molecular flexibility index (Phi) is 3.51. The zero-order valence-corrected chi connectivity index (χ0v) is 10.5. The van der Waals surface area contributed by atoms with Crippen LogP contribution < -0.4 is 5.32 Å². The molecule has 0 spiro atoms. The van der Waals surface area contributed by atoms with Crippen molar-refractivity contribution in [3.05, 3.63) is 28.4 Å². The summed E-state index contributed by atoms with van der Waals surface area (Å²) < 4.78 is 0.280. The normalized spacial score (nSPS) is 23.6. The van der Waals surface area contributed by atoms with Crippen LogP contribution in [0.15, 0.2) is 18.3 Å². The first-order valence-corrected chi connectivity index (χ1v) is 6.56. The molecule has 6 heteroatoms. The summed E-state index contributed by atoms with van der Waals surface area (Å²) in [6, 6.07) is 3.13. The van der Waals surface area contributed by atoms with Gasteiger partial charge in [0, 0.05) is 17.4 Å². The van der Waals surface area contributed by atoms with Crippen molar-refractivity contribution in [2.45, 2.75) is 24.5 Å². The molecule has 0 radical (unpaired) electrons. The van der Waals surface area contributed by atoms with E-state index in [9.17, 15) is 10.1 Å². The second-order valence-electron chi connectivity index (χ2n) is 4.42. The van der Waals surface area contributed by atoms with Gasteiger partial charge in [-0.2, -0.15) is 11.8 Å². The van der Waals surface area contributed by atoms with E-state index in [-0.39, 0.29) is 10.6 Å². The molecule has 2 rings (SSSR count). The highest BCUT2D eigenvalue weighted by Gasteiger charge is 2.29. The molecule has 0 aromatic carbocycles. The predicted molar refractivity (Wildman–Crippen MR) is 69.5 cm³/mol. The number of hydrogen-bond acceptors (Lipinski definition) is 5. The number of pyridine rings is 1. The number of aromatic nitrogens is 1. The van der Waals surface area contributed by atoms with Crippen LogP contribution in [0, 0.1) is 10.1 Å². The van der Waals surface area contributed by atoms with Crippen LogP contribution in [0.4, 0.5) is 11.5 Å². The van der Waals surface area contributed by atoms with Gasteiger partial charge in [-0.05, 0) is 41.5 Å². The molecule has 92 valence electrons. The molecule has 1 fully saturated rings. The van der Waals surface area contributed by atoms with Crippen LogP contribution in [0.2, 0.25) is 0 Å². The molecular weight excluding hydrogens is 238 g/mol. The summed E-state index contributed by atoms with van der Waals surface area (Å²) in [5, 5.41) is 13.7. The summed E-state index contributed by atoms with van der Waals surface area (Å²) in [5.41, 5.74) is 0.837. The van der Waals surface area contributed by atoms with Gasteiger partial charge in [-0.15, -0.1) is 0 Å². The van der Waals surface area contributed by atoms with Gasteiger partial charge in [-0.25, -0.2) is 0 Å². The minimum Gasteiger partial charge on any atom is -0.381 e. The molecule has 0 bridgehead atoms. The summed E-state index contributed by atoms with van der Waals surface area (Å²) in [4.78, 5) is 13.7. The van der Waals surface area contributed by atoms with Crippen molar-refractivity contribution in [1.82, 2.24) is 4.98 Å². The molecule has 0 amide bonds. The quantitative estimate of drug-likeness (QED) is 0.660. The van der Waals surface area contributed by atoms with Gasteiger partial charge >= 0.3 is 5.82 Å². The monoisotopic (exact) mass is 253 g/mol. The van der Waals surface area contributed by atoms with Crippen molar-refractivity contribution in [1.29, 1.82) is 0 Å². The van der Waals surface area contributed by atoms with Gasteiger partial charge in [-0.1, -0.05) is 0 Å². The molecule has 1 aliphatic rings. The zero-order chi connectivity index (χ0) is 12.3. The summed E-state index contributed by atoms with van der Waals surface area (Å²) in [5.74, 6) is 1.11. The van der Waals surface area contributed by atoms with Crippen molar-refractivity contribution in [3.8, 4) is 0 Å². The van der Waals surface area contributed by atoms with Crippen LogP contribution in [-0.4, -0.2) is 27.0 Å². The topological polar surface area (TPSA) is 68.1 Å². The molecule has 0 aliphatic carbocycles. The smallest absolute Gasteiger partial charge is 0.363 e. The Balaban J connectivity index is 1.93. The Morgan fingerprint density at radius 2 is 2.47 bits per heavy atom. The third-order valence-electron chi connectivity index (χ3n) is 2.90. The van der Waals surface area contributed by atoms with Crippen LogP contribution in [0.25, 0.3) is 0 Å². The first-order valence-electron chi connectivity index (χ1n) is 5.57.